The summed E-state index contributed by atoms with van der Waals surface area (Å²) in [5, 5.41) is 18.1. The van der Waals surface area contributed by atoms with Crippen LogP contribution in [0.15, 0.2) is 88.8 Å². The molecular formula is C26H18F4N4O6S2. The number of halogens is 4. The third-order valence-electron chi connectivity index (χ3n) is 5.83. The number of hydrogen-bond acceptors (Lipinski definition) is 7. The highest BCUT2D eigenvalue weighted by Crippen LogP contribution is 2.38. The maximum atomic E-state index is 13.7. The second kappa shape index (κ2) is 11.3. The average Bonchev–Trinajstić information content (AvgIpc) is 2.94. The molecule has 3 aromatic carbocycles. The van der Waals surface area contributed by atoms with E-state index in [9.17, 15) is 44.3 Å². The van der Waals surface area contributed by atoms with Crippen molar-refractivity contribution in [3.63, 3.8) is 0 Å². The van der Waals surface area contributed by atoms with E-state index in [4.69, 9.17) is 5.26 Å². The summed E-state index contributed by atoms with van der Waals surface area (Å²) < 4.78 is 109. The number of carboxylic acid groups (broad SMARTS) is 1. The monoisotopic (exact) mass is 622 g/mol. The fourth-order valence-corrected chi connectivity index (χ4v) is 6.83. The second-order valence-corrected chi connectivity index (χ2v) is 12.4. The second-order valence-electron chi connectivity index (χ2n) is 8.64. The molecule has 42 heavy (non-hydrogen) atoms. The largest absolute Gasteiger partial charge is 0.480 e. The molecule has 0 saturated heterocycles. The van der Waals surface area contributed by atoms with Crippen molar-refractivity contribution in [3.05, 3.63) is 90.4 Å². The van der Waals surface area contributed by atoms with E-state index >= 15 is 0 Å². The van der Waals surface area contributed by atoms with Gasteiger partial charge in [-0.2, -0.15) is 18.4 Å². The van der Waals surface area contributed by atoms with Crippen molar-refractivity contribution in [2.75, 3.05) is 21.7 Å². The molecule has 10 nitrogen and oxygen atoms in total. The molecule has 0 fully saturated rings. The highest BCUT2D eigenvalue weighted by Gasteiger charge is 2.39. The molecule has 218 valence electrons. The Morgan fingerprint density at radius 2 is 1.38 bits per heavy atom. The van der Waals surface area contributed by atoms with Crippen molar-refractivity contribution in [1.29, 1.82) is 5.26 Å². The summed E-state index contributed by atoms with van der Waals surface area (Å²) in [5.74, 6) is -2.90. The van der Waals surface area contributed by atoms with Crippen LogP contribution in [0.3, 0.4) is 0 Å². The predicted octanol–water partition coefficient (Wildman–Crippen LogP) is 4.28. The zero-order chi connectivity index (χ0) is 30.9. The molecule has 0 spiro atoms. The lowest BCUT2D eigenvalue weighted by Crippen LogP contribution is -2.39. The standard InChI is InChI=1S/C26H18F4N4O6S2/c27-18-7-11-20(12-8-18)41(37,38)33(15-24(35)36)25-22-4-2-1-3-21(22)23(14-32-25)34(16-26(28,29)30)42(39,40)19-9-5-17(13-31)6-10-19/h1-12,14H,15-16H2,(H,35,36). The van der Waals surface area contributed by atoms with Crippen LogP contribution in [0.25, 0.3) is 10.8 Å². The number of fused-ring (bicyclic) bond motifs is 1. The third-order valence-corrected chi connectivity index (χ3v) is 9.36. The van der Waals surface area contributed by atoms with Gasteiger partial charge in [0.05, 0.1) is 33.3 Å². The highest BCUT2D eigenvalue weighted by atomic mass is 32.2. The van der Waals surface area contributed by atoms with Crippen molar-refractivity contribution < 1.29 is 44.3 Å². The molecule has 0 aliphatic heterocycles. The lowest BCUT2D eigenvalue weighted by Gasteiger charge is -2.28. The Kier molecular flexibility index (Phi) is 8.10. The number of nitrogens with zero attached hydrogens (tertiary/aromatic N) is 4. The molecule has 0 bridgehead atoms. The summed E-state index contributed by atoms with van der Waals surface area (Å²) >= 11 is 0. The quantitative estimate of drug-likeness (QED) is 0.272. The molecule has 0 unspecified atom stereocenters. The Balaban J connectivity index is 1.96. The van der Waals surface area contributed by atoms with Gasteiger partial charge in [0, 0.05) is 10.8 Å². The highest BCUT2D eigenvalue weighted by molar-refractivity contribution is 7.93. The number of nitriles is 1. The van der Waals surface area contributed by atoms with Crippen molar-refractivity contribution in [2.24, 2.45) is 0 Å². The minimum absolute atomic E-state index is 0.0451. The SMILES string of the molecule is N#Cc1ccc(S(=O)(=O)N(CC(F)(F)F)c2cnc(N(CC(=O)O)S(=O)(=O)c3ccc(F)cc3)c3ccccc23)cc1. The van der Waals surface area contributed by atoms with Gasteiger partial charge in [-0.15, -0.1) is 0 Å². The van der Waals surface area contributed by atoms with Crippen molar-refractivity contribution in [1.82, 2.24) is 4.98 Å². The molecular weight excluding hydrogens is 604 g/mol. The number of carboxylic acids is 1. The Bertz CT molecular complexity index is 1910. The number of carbonyl (C=O) groups is 1. The molecule has 4 aromatic rings. The molecule has 0 saturated carbocycles. The summed E-state index contributed by atoms with van der Waals surface area (Å²) in [6.45, 7) is -3.17. The molecule has 1 heterocycles. The lowest BCUT2D eigenvalue weighted by molar-refractivity contribution is -0.135. The van der Waals surface area contributed by atoms with Crippen LogP contribution < -0.4 is 8.61 Å². The van der Waals surface area contributed by atoms with E-state index in [0.29, 0.717) is 10.5 Å². The van der Waals surface area contributed by atoms with Crippen LogP contribution in [-0.4, -0.2) is 52.2 Å². The number of benzene rings is 3. The summed E-state index contributed by atoms with van der Waals surface area (Å²) in [5.41, 5.74) is -0.515. The van der Waals surface area contributed by atoms with E-state index in [1.807, 2.05) is 0 Å². The molecule has 0 aliphatic rings. The van der Waals surface area contributed by atoms with Gasteiger partial charge in [0.1, 0.15) is 18.9 Å². The zero-order valence-electron chi connectivity index (χ0n) is 21.0. The van der Waals surface area contributed by atoms with Crippen molar-refractivity contribution in [2.45, 2.75) is 16.0 Å². The lowest BCUT2D eigenvalue weighted by atomic mass is 10.1. The smallest absolute Gasteiger partial charge is 0.407 e. The predicted molar refractivity (Wildman–Crippen MR) is 142 cm³/mol. The number of rotatable bonds is 9. The first-order chi connectivity index (χ1) is 19.6. The molecule has 4 rings (SSSR count). The number of anilines is 2. The molecule has 0 radical (unpaired) electrons. The number of aromatic nitrogens is 1. The Morgan fingerprint density at radius 1 is 0.857 bits per heavy atom. The Labute approximate surface area is 236 Å². The topological polar surface area (TPSA) is 149 Å². The van der Waals surface area contributed by atoms with Gasteiger partial charge in [-0.05, 0) is 48.5 Å². The third kappa shape index (κ3) is 6.11. The van der Waals surface area contributed by atoms with Gasteiger partial charge in [-0.1, -0.05) is 24.3 Å². The molecule has 0 aliphatic carbocycles. The van der Waals surface area contributed by atoms with Crippen LogP contribution in [0, 0.1) is 17.1 Å². The van der Waals surface area contributed by atoms with Gasteiger partial charge in [0.2, 0.25) is 0 Å². The summed E-state index contributed by atoms with van der Waals surface area (Å²) in [6, 6.07) is 14.6. The minimum Gasteiger partial charge on any atom is -0.480 e. The summed E-state index contributed by atoms with van der Waals surface area (Å²) in [4.78, 5) is 14.6. The van der Waals surface area contributed by atoms with Gasteiger partial charge in [-0.25, -0.2) is 30.5 Å². The molecule has 16 heteroatoms. The maximum absolute atomic E-state index is 13.7. The number of aliphatic carboxylic acids is 1. The van der Waals surface area contributed by atoms with E-state index in [1.54, 1.807) is 6.07 Å². The normalized spacial score (nSPS) is 12.1. The van der Waals surface area contributed by atoms with Crippen LogP contribution in [0.1, 0.15) is 5.56 Å². The molecule has 0 amide bonds. The first kappa shape index (κ1) is 30.2. The molecule has 1 N–H and O–H groups in total. The fourth-order valence-electron chi connectivity index (χ4n) is 3.98. The number of sulfonamides is 2. The van der Waals surface area contributed by atoms with E-state index in [0.717, 1.165) is 48.5 Å². The summed E-state index contributed by atoms with van der Waals surface area (Å²) in [7, 11) is -9.64. The van der Waals surface area contributed by atoms with Gasteiger partial charge >= 0.3 is 12.1 Å². The van der Waals surface area contributed by atoms with Crippen LogP contribution in [-0.2, 0) is 24.8 Å². The Hall–Kier alpha value is -4.75. The van der Waals surface area contributed by atoms with Gasteiger partial charge in [-0.3, -0.25) is 9.10 Å². The zero-order valence-corrected chi connectivity index (χ0v) is 22.7. The van der Waals surface area contributed by atoms with E-state index in [1.165, 1.54) is 24.3 Å². The van der Waals surface area contributed by atoms with Gasteiger partial charge in [0.25, 0.3) is 20.0 Å². The van der Waals surface area contributed by atoms with E-state index < -0.39 is 72.4 Å². The first-order valence-corrected chi connectivity index (χ1v) is 14.5. The number of pyridine rings is 1. The van der Waals surface area contributed by atoms with E-state index in [2.05, 4.69) is 4.98 Å². The van der Waals surface area contributed by atoms with E-state index in [-0.39, 0.29) is 20.6 Å². The van der Waals surface area contributed by atoms with Crippen molar-refractivity contribution in [3.8, 4) is 6.07 Å². The summed E-state index contributed by atoms with van der Waals surface area (Å²) in [6.07, 6.45) is -4.35. The maximum Gasteiger partial charge on any atom is 0.407 e. The van der Waals surface area contributed by atoms with Crippen LogP contribution >= 0.6 is 0 Å². The fraction of sp³-hybridized carbons (Fsp3) is 0.115. The average molecular weight is 623 g/mol. The van der Waals surface area contributed by atoms with Crippen LogP contribution in [0.2, 0.25) is 0 Å². The van der Waals surface area contributed by atoms with Gasteiger partial charge < -0.3 is 5.11 Å². The number of alkyl halides is 3. The van der Waals surface area contributed by atoms with Crippen molar-refractivity contribution >= 4 is 48.3 Å². The van der Waals surface area contributed by atoms with Crippen LogP contribution in [0.4, 0.5) is 29.1 Å². The number of hydrogen-bond donors (Lipinski definition) is 1. The Morgan fingerprint density at radius 3 is 1.90 bits per heavy atom. The minimum atomic E-state index is -5.04. The first-order valence-electron chi connectivity index (χ1n) is 11.6. The van der Waals surface area contributed by atoms with Crippen LogP contribution in [0.5, 0.6) is 0 Å². The van der Waals surface area contributed by atoms with Gasteiger partial charge in [0.15, 0.2) is 5.82 Å². The molecule has 1 aromatic heterocycles. The molecule has 0 atom stereocenters.